The summed E-state index contributed by atoms with van der Waals surface area (Å²) in [6.07, 6.45) is 1.12. The predicted octanol–water partition coefficient (Wildman–Crippen LogP) is 3.48. The summed E-state index contributed by atoms with van der Waals surface area (Å²) >= 11 is 0. The van der Waals surface area contributed by atoms with Crippen molar-refractivity contribution in [2.45, 2.75) is 20.1 Å². The van der Waals surface area contributed by atoms with Crippen molar-refractivity contribution in [3.05, 3.63) is 71.8 Å². The average Bonchev–Trinajstić information content (AvgIpc) is 3.24. The van der Waals surface area contributed by atoms with Gasteiger partial charge in [-0.3, -0.25) is 14.8 Å². The van der Waals surface area contributed by atoms with Crippen LogP contribution in [0.1, 0.15) is 28.8 Å². The van der Waals surface area contributed by atoms with Crippen molar-refractivity contribution in [1.82, 2.24) is 9.78 Å². The van der Waals surface area contributed by atoms with Crippen LogP contribution in [0, 0.1) is 0 Å². The third-order valence-corrected chi connectivity index (χ3v) is 3.41. The monoisotopic (exact) mass is 339 g/mol. The summed E-state index contributed by atoms with van der Waals surface area (Å²) in [6, 6.07) is 14.4. The van der Waals surface area contributed by atoms with Gasteiger partial charge in [0.05, 0.1) is 6.54 Å². The normalized spacial score (nSPS) is 10.4. The summed E-state index contributed by atoms with van der Waals surface area (Å²) < 4.78 is 12.1. The number of benzene rings is 1. The summed E-state index contributed by atoms with van der Waals surface area (Å²) in [5, 5.41) is 6.78. The molecule has 3 aromatic rings. The molecule has 2 aromatic heterocycles. The minimum absolute atomic E-state index is 0.129. The van der Waals surface area contributed by atoms with Crippen LogP contribution in [0.5, 0.6) is 0 Å². The van der Waals surface area contributed by atoms with Gasteiger partial charge in [0.25, 0.3) is 0 Å². The number of anilines is 1. The van der Waals surface area contributed by atoms with Crippen LogP contribution in [0.15, 0.2) is 59.1 Å². The zero-order valence-electron chi connectivity index (χ0n) is 13.6. The van der Waals surface area contributed by atoms with Crippen LogP contribution >= 0.6 is 0 Å². The fourth-order valence-corrected chi connectivity index (χ4v) is 2.19. The molecule has 2 heterocycles. The van der Waals surface area contributed by atoms with E-state index in [1.165, 1.54) is 6.92 Å². The standard InChI is InChI=1S/C18H17N3O4/c1-13(22)16-8-7-15(25-16)11-21-10-9-17(20-21)19-18(23)24-12-14-5-3-2-4-6-14/h2-10H,11-12H2,1H3,(H,19,20,23). The smallest absolute Gasteiger partial charge is 0.413 e. The highest BCUT2D eigenvalue weighted by atomic mass is 16.5. The van der Waals surface area contributed by atoms with Crippen molar-refractivity contribution >= 4 is 17.7 Å². The lowest BCUT2D eigenvalue weighted by Gasteiger charge is -2.05. The van der Waals surface area contributed by atoms with E-state index in [9.17, 15) is 9.59 Å². The van der Waals surface area contributed by atoms with Gasteiger partial charge in [-0.05, 0) is 17.7 Å². The second kappa shape index (κ2) is 7.48. The van der Waals surface area contributed by atoms with Crippen LogP contribution in [-0.4, -0.2) is 21.7 Å². The van der Waals surface area contributed by atoms with E-state index in [0.29, 0.717) is 23.9 Å². The van der Waals surface area contributed by atoms with Gasteiger partial charge in [0.15, 0.2) is 17.4 Å². The van der Waals surface area contributed by atoms with Gasteiger partial charge in [-0.15, -0.1) is 0 Å². The SMILES string of the molecule is CC(=O)c1ccc(Cn2ccc(NC(=O)OCc3ccccc3)n2)o1. The third-order valence-electron chi connectivity index (χ3n) is 3.41. The van der Waals surface area contributed by atoms with Gasteiger partial charge < -0.3 is 9.15 Å². The molecule has 0 atom stereocenters. The van der Waals surface area contributed by atoms with Crippen LogP contribution in [0.4, 0.5) is 10.6 Å². The van der Waals surface area contributed by atoms with Crippen LogP contribution in [0.2, 0.25) is 0 Å². The lowest BCUT2D eigenvalue weighted by molar-refractivity contribution is 0.0985. The average molecular weight is 339 g/mol. The van der Waals surface area contributed by atoms with E-state index >= 15 is 0 Å². The second-order valence-electron chi connectivity index (χ2n) is 5.41. The molecule has 128 valence electrons. The molecule has 0 fully saturated rings. The van der Waals surface area contributed by atoms with Crippen molar-refractivity contribution in [2.24, 2.45) is 0 Å². The highest BCUT2D eigenvalue weighted by Gasteiger charge is 2.09. The maximum Gasteiger partial charge on any atom is 0.413 e. The first kappa shape index (κ1) is 16.5. The summed E-state index contributed by atoms with van der Waals surface area (Å²) in [4.78, 5) is 23.0. The fourth-order valence-electron chi connectivity index (χ4n) is 2.19. The first-order chi connectivity index (χ1) is 12.1. The molecular formula is C18H17N3O4. The highest BCUT2D eigenvalue weighted by Crippen LogP contribution is 2.11. The molecule has 0 spiro atoms. The van der Waals surface area contributed by atoms with E-state index in [-0.39, 0.29) is 12.4 Å². The Balaban J connectivity index is 1.52. The summed E-state index contributed by atoms with van der Waals surface area (Å²) in [6.45, 7) is 1.99. The number of hydrogen-bond acceptors (Lipinski definition) is 5. The minimum Gasteiger partial charge on any atom is -0.456 e. The number of ketones is 1. The molecule has 1 N–H and O–H groups in total. The number of aromatic nitrogens is 2. The lowest BCUT2D eigenvalue weighted by atomic mass is 10.2. The zero-order chi connectivity index (χ0) is 17.6. The quantitative estimate of drug-likeness (QED) is 0.695. The largest absolute Gasteiger partial charge is 0.456 e. The number of nitrogens with one attached hydrogen (secondary N) is 1. The summed E-state index contributed by atoms with van der Waals surface area (Å²) in [5.41, 5.74) is 0.905. The van der Waals surface area contributed by atoms with Gasteiger partial charge in [0.2, 0.25) is 0 Å². The Bertz CT molecular complexity index is 867. The molecule has 1 aromatic carbocycles. The molecule has 0 aliphatic rings. The number of Topliss-reactive ketones (excluding diaryl/α,β-unsaturated/α-hetero) is 1. The minimum atomic E-state index is -0.578. The predicted molar refractivity (Wildman–Crippen MR) is 90.3 cm³/mol. The third kappa shape index (κ3) is 4.57. The van der Waals surface area contributed by atoms with Gasteiger partial charge in [0, 0.05) is 19.2 Å². The first-order valence-electron chi connectivity index (χ1n) is 7.71. The molecule has 7 nitrogen and oxygen atoms in total. The van der Waals surface area contributed by atoms with Crippen molar-refractivity contribution < 1.29 is 18.7 Å². The maximum atomic E-state index is 11.8. The summed E-state index contributed by atoms with van der Waals surface area (Å²) in [7, 11) is 0. The molecule has 25 heavy (non-hydrogen) atoms. The number of rotatable bonds is 6. The molecule has 0 unspecified atom stereocenters. The fraction of sp³-hybridized carbons (Fsp3) is 0.167. The number of ether oxygens (including phenoxy) is 1. The molecule has 0 radical (unpaired) electrons. The van der Waals surface area contributed by atoms with Gasteiger partial charge in [-0.1, -0.05) is 30.3 Å². The van der Waals surface area contributed by atoms with E-state index in [1.54, 1.807) is 29.1 Å². The van der Waals surface area contributed by atoms with Crippen molar-refractivity contribution in [1.29, 1.82) is 0 Å². The topological polar surface area (TPSA) is 86.4 Å². The number of furan rings is 1. The van der Waals surface area contributed by atoms with Crippen molar-refractivity contribution in [2.75, 3.05) is 5.32 Å². The van der Waals surface area contributed by atoms with E-state index in [2.05, 4.69) is 10.4 Å². The van der Waals surface area contributed by atoms with Crippen LogP contribution < -0.4 is 5.32 Å². The Morgan fingerprint density at radius 1 is 1.16 bits per heavy atom. The van der Waals surface area contributed by atoms with Crippen LogP contribution in [0.3, 0.4) is 0 Å². The molecule has 0 saturated carbocycles. The van der Waals surface area contributed by atoms with Crippen molar-refractivity contribution in [3.8, 4) is 0 Å². The second-order valence-corrected chi connectivity index (χ2v) is 5.41. The maximum absolute atomic E-state index is 11.8. The Hall–Kier alpha value is -3.35. The molecule has 0 aliphatic carbocycles. The number of hydrogen-bond donors (Lipinski definition) is 1. The highest BCUT2D eigenvalue weighted by molar-refractivity contribution is 5.91. The Morgan fingerprint density at radius 2 is 1.96 bits per heavy atom. The number of carbonyl (C=O) groups excluding carboxylic acids is 2. The number of amides is 1. The molecule has 1 amide bonds. The molecule has 7 heteroatoms. The Labute approximate surface area is 144 Å². The van der Waals surface area contributed by atoms with Gasteiger partial charge in [-0.25, -0.2) is 4.79 Å². The Kier molecular flexibility index (Phi) is 4.94. The molecule has 0 aliphatic heterocycles. The van der Waals surface area contributed by atoms with E-state index in [0.717, 1.165) is 5.56 Å². The van der Waals surface area contributed by atoms with E-state index < -0.39 is 6.09 Å². The van der Waals surface area contributed by atoms with E-state index in [1.807, 2.05) is 30.3 Å². The summed E-state index contributed by atoms with van der Waals surface area (Å²) in [5.74, 6) is 1.16. The zero-order valence-corrected chi connectivity index (χ0v) is 13.6. The number of nitrogens with zero attached hydrogens (tertiary/aromatic N) is 2. The first-order valence-corrected chi connectivity index (χ1v) is 7.71. The van der Waals surface area contributed by atoms with Crippen LogP contribution in [0.25, 0.3) is 0 Å². The van der Waals surface area contributed by atoms with Crippen LogP contribution in [-0.2, 0) is 17.9 Å². The molecular weight excluding hydrogens is 322 g/mol. The lowest BCUT2D eigenvalue weighted by Crippen LogP contribution is -2.14. The van der Waals surface area contributed by atoms with Gasteiger partial charge in [-0.2, -0.15) is 5.10 Å². The molecule has 3 rings (SSSR count). The molecule has 0 saturated heterocycles. The number of carbonyl (C=O) groups is 2. The Morgan fingerprint density at radius 3 is 2.68 bits per heavy atom. The van der Waals surface area contributed by atoms with Gasteiger partial charge in [0.1, 0.15) is 12.4 Å². The molecule has 0 bridgehead atoms. The van der Waals surface area contributed by atoms with Crippen molar-refractivity contribution in [3.63, 3.8) is 0 Å². The van der Waals surface area contributed by atoms with E-state index in [4.69, 9.17) is 9.15 Å². The van der Waals surface area contributed by atoms with Gasteiger partial charge >= 0.3 is 6.09 Å².